The maximum Gasteiger partial charge on any atom is 0.128 e. The van der Waals surface area contributed by atoms with E-state index in [0.29, 0.717) is 5.56 Å². The first-order valence-corrected chi connectivity index (χ1v) is 5.84. The summed E-state index contributed by atoms with van der Waals surface area (Å²) in [7, 11) is 0. The lowest BCUT2D eigenvalue weighted by Gasteiger charge is -2.11. The molecule has 88 valence electrons. The van der Waals surface area contributed by atoms with Crippen molar-refractivity contribution in [3.63, 3.8) is 0 Å². The Morgan fingerprint density at radius 2 is 1.41 bits per heavy atom. The fourth-order valence-corrected chi connectivity index (χ4v) is 2.18. The molecule has 0 amide bonds. The Morgan fingerprint density at radius 1 is 0.824 bits per heavy atom. The minimum Gasteiger partial charge on any atom is -0.207 e. The molecule has 2 aromatic carbocycles. The number of hydrogen-bond donors (Lipinski definition) is 0. The molecule has 0 nitrogen and oxygen atoms in total. The van der Waals surface area contributed by atoms with Gasteiger partial charge >= 0.3 is 0 Å². The van der Waals surface area contributed by atoms with Crippen molar-refractivity contribution in [2.75, 3.05) is 0 Å². The van der Waals surface area contributed by atoms with Crippen molar-refractivity contribution >= 4 is 15.9 Å². The van der Waals surface area contributed by atoms with E-state index in [0.717, 1.165) is 18.2 Å². The molecule has 1 unspecified atom stereocenters. The predicted octanol–water partition coefficient (Wildman–Crippen LogP) is 4.59. The van der Waals surface area contributed by atoms with Crippen LogP contribution >= 0.6 is 15.9 Å². The van der Waals surface area contributed by atoms with Crippen molar-refractivity contribution in [1.29, 1.82) is 0 Å². The molecule has 0 aliphatic rings. The third kappa shape index (κ3) is 2.69. The van der Waals surface area contributed by atoms with Gasteiger partial charge in [-0.3, -0.25) is 0 Å². The molecule has 0 aliphatic carbocycles. The van der Waals surface area contributed by atoms with Gasteiger partial charge in [-0.2, -0.15) is 0 Å². The molecule has 0 saturated carbocycles. The highest BCUT2D eigenvalue weighted by molar-refractivity contribution is 9.09. The molecule has 2 aromatic rings. The van der Waals surface area contributed by atoms with E-state index in [9.17, 15) is 13.2 Å². The van der Waals surface area contributed by atoms with E-state index in [2.05, 4.69) is 15.9 Å². The molecular formula is C13H8BrF3. The van der Waals surface area contributed by atoms with Gasteiger partial charge in [0.1, 0.15) is 17.5 Å². The molecule has 0 fully saturated rings. The normalized spacial score (nSPS) is 12.5. The van der Waals surface area contributed by atoms with Crippen molar-refractivity contribution in [1.82, 2.24) is 0 Å². The Hall–Kier alpha value is -1.29. The van der Waals surface area contributed by atoms with Gasteiger partial charge in [-0.1, -0.05) is 28.1 Å². The van der Waals surface area contributed by atoms with Crippen LogP contribution in [-0.2, 0) is 0 Å². The quantitative estimate of drug-likeness (QED) is 0.712. The van der Waals surface area contributed by atoms with E-state index >= 15 is 0 Å². The van der Waals surface area contributed by atoms with Gasteiger partial charge in [-0.15, -0.1) is 0 Å². The molecular weight excluding hydrogens is 293 g/mol. The molecule has 0 aromatic heterocycles. The van der Waals surface area contributed by atoms with E-state index < -0.39 is 16.5 Å². The molecule has 4 heteroatoms. The Labute approximate surface area is 105 Å². The maximum atomic E-state index is 13.5. The molecule has 0 saturated heterocycles. The Morgan fingerprint density at radius 3 is 2.06 bits per heavy atom. The SMILES string of the molecule is Fc1ccc(C(Br)c2cc(F)ccc2F)cc1. The van der Waals surface area contributed by atoms with Crippen LogP contribution in [0, 0.1) is 17.5 Å². The summed E-state index contributed by atoms with van der Waals surface area (Å²) in [5, 5.41) is 0. The van der Waals surface area contributed by atoms with Gasteiger partial charge < -0.3 is 0 Å². The molecule has 1 atom stereocenters. The number of rotatable bonds is 2. The number of hydrogen-bond acceptors (Lipinski definition) is 0. The molecule has 17 heavy (non-hydrogen) atoms. The smallest absolute Gasteiger partial charge is 0.128 e. The topological polar surface area (TPSA) is 0 Å². The summed E-state index contributed by atoms with van der Waals surface area (Å²) >= 11 is 3.27. The maximum absolute atomic E-state index is 13.5. The van der Waals surface area contributed by atoms with Gasteiger partial charge in [-0.05, 0) is 35.9 Å². The van der Waals surface area contributed by atoms with Gasteiger partial charge in [0.05, 0.1) is 4.83 Å². The lowest BCUT2D eigenvalue weighted by molar-refractivity contribution is 0.588. The second-order valence-corrected chi connectivity index (χ2v) is 4.50. The van der Waals surface area contributed by atoms with Crippen LogP contribution in [-0.4, -0.2) is 0 Å². The van der Waals surface area contributed by atoms with Crippen molar-refractivity contribution < 1.29 is 13.2 Å². The highest BCUT2D eigenvalue weighted by Crippen LogP contribution is 2.32. The average Bonchev–Trinajstić information content (AvgIpc) is 2.32. The van der Waals surface area contributed by atoms with Crippen molar-refractivity contribution in [3.05, 3.63) is 71.0 Å². The fraction of sp³-hybridized carbons (Fsp3) is 0.0769. The fourth-order valence-electron chi connectivity index (χ4n) is 1.52. The molecule has 0 bridgehead atoms. The van der Waals surface area contributed by atoms with Crippen LogP contribution in [0.3, 0.4) is 0 Å². The zero-order chi connectivity index (χ0) is 12.4. The van der Waals surface area contributed by atoms with Crippen LogP contribution in [0.4, 0.5) is 13.2 Å². The van der Waals surface area contributed by atoms with E-state index in [1.165, 1.54) is 24.3 Å². The lowest BCUT2D eigenvalue weighted by Crippen LogP contribution is -1.97. The molecule has 0 heterocycles. The Balaban J connectivity index is 2.39. The summed E-state index contributed by atoms with van der Waals surface area (Å²) in [5.41, 5.74) is 0.854. The third-order valence-corrected chi connectivity index (χ3v) is 3.42. The zero-order valence-electron chi connectivity index (χ0n) is 8.63. The number of alkyl halides is 1. The second kappa shape index (κ2) is 4.92. The Bertz CT molecular complexity index is 523. The summed E-state index contributed by atoms with van der Waals surface area (Å²) in [6.45, 7) is 0. The van der Waals surface area contributed by atoms with Crippen molar-refractivity contribution in [2.45, 2.75) is 4.83 Å². The Kier molecular flexibility index (Phi) is 3.52. The summed E-state index contributed by atoms with van der Waals surface area (Å²) in [4.78, 5) is -0.501. The van der Waals surface area contributed by atoms with Gasteiger partial charge in [-0.25, -0.2) is 13.2 Å². The first-order chi connectivity index (χ1) is 8.08. The molecule has 0 N–H and O–H groups in total. The number of halogens is 4. The summed E-state index contributed by atoms with van der Waals surface area (Å²) in [6, 6.07) is 8.86. The molecule has 0 aliphatic heterocycles. The first-order valence-electron chi connectivity index (χ1n) is 4.92. The monoisotopic (exact) mass is 300 g/mol. The largest absolute Gasteiger partial charge is 0.207 e. The van der Waals surface area contributed by atoms with Gasteiger partial charge in [0.25, 0.3) is 0 Å². The predicted molar refractivity (Wildman–Crippen MR) is 63.5 cm³/mol. The minimum atomic E-state index is -0.507. The molecule has 0 radical (unpaired) electrons. The molecule has 0 spiro atoms. The van der Waals surface area contributed by atoms with Crippen LogP contribution in [0.5, 0.6) is 0 Å². The highest BCUT2D eigenvalue weighted by Gasteiger charge is 2.15. The van der Waals surface area contributed by atoms with Gasteiger partial charge in [0.2, 0.25) is 0 Å². The van der Waals surface area contributed by atoms with E-state index in [1.807, 2.05) is 0 Å². The summed E-state index contributed by atoms with van der Waals surface area (Å²) in [6.07, 6.45) is 0. The van der Waals surface area contributed by atoms with E-state index in [4.69, 9.17) is 0 Å². The van der Waals surface area contributed by atoms with Crippen molar-refractivity contribution in [3.8, 4) is 0 Å². The minimum absolute atomic E-state index is 0.191. The summed E-state index contributed by atoms with van der Waals surface area (Å²) in [5.74, 6) is -1.38. The third-order valence-electron chi connectivity index (χ3n) is 2.39. The van der Waals surface area contributed by atoms with Crippen LogP contribution < -0.4 is 0 Å². The van der Waals surface area contributed by atoms with E-state index in [-0.39, 0.29) is 11.4 Å². The second-order valence-electron chi connectivity index (χ2n) is 3.58. The van der Waals surface area contributed by atoms with Gasteiger partial charge in [0.15, 0.2) is 0 Å². The first kappa shape index (κ1) is 12.2. The molecule has 2 rings (SSSR count). The number of benzene rings is 2. The standard InChI is InChI=1S/C13H8BrF3/c14-13(8-1-3-9(15)4-2-8)11-7-10(16)5-6-12(11)17/h1-7,13H. The van der Waals surface area contributed by atoms with Gasteiger partial charge in [0, 0.05) is 5.56 Å². The van der Waals surface area contributed by atoms with Crippen LogP contribution in [0.15, 0.2) is 42.5 Å². The summed E-state index contributed by atoms with van der Waals surface area (Å²) < 4.78 is 39.3. The highest BCUT2D eigenvalue weighted by atomic mass is 79.9. The van der Waals surface area contributed by atoms with E-state index in [1.54, 1.807) is 0 Å². The lowest BCUT2D eigenvalue weighted by atomic mass is 10.0. The van der Waals surface area contributed by atoms with Crippen LogP contribution in [0.25, 0.3) is 0 Å². The zero-order valence-corrected chi connectivity index (χ0v) is 10.2. The van der Waals surface area contributed by atoms with Crippen LogP contribution in [0.1, 0.15) is 16.0 Å². The van der Waals surface area contributed by atoms with Crippen LogP contribution in [0.2, 0.25) is 0 Å². The average molecular weight is 301 g/mol. The van der Waals surface area contributed by atoms with Crippen molar-refractivity contribution in [2.24, 2.45) is 0 Å².